The summed E-state index contributed by atoms with van der Waals surface area (Å²) in [7, 11) is -4.37. The van der Waals surface area contributed by atoms with E-state index >= 15 is 0 Å². The highest BCUT2D eigenvalue weighted by atomic mass is 31.2. The first-order chi connectivity index (χ1) is 24.2. The second kappa shape index (κ2) is 17.4. The molecule has 0 aliphatic carbocycles. The third-order valence-corrected chi connectivity index (χ3v) is 10.5. The number of nitrogens with two attached hydrogens (primary N) is 1. The molecule has 4 atom stereocenters. The van der Waals surface area contributed by atoms with Gasteiger partial charge in [-0.2, -0.15) is 0 Å². The Labute approximate surface area is 290 Å². The Morgan fingerprint density at radius 3 is 1.98 bits per heavy atom. The third kappa shape index (κ3) is 10.4. The molecule has 1 aromatic heterocycles. The van der Waals surface area contributed by atoms with Gasteiger partial charge in [-0.25, -0.2) is 4.79 Å². The predicted molar refractivity (Wildman–Crippen MR) is 191 cm³/mol. The van der Waals surface area contributed by atoms with Crippen molar-refractivity contribution in [3.05, 3.63) is 144 Å². The molecule has 3 amide bonds. The van der Waals surface area contributed by atoms with Gasteiger partial charge in [0.15, 0.2) is 0 Å². The van der Waals surface area contributed by atoms with Crippen LogP contribution < -0.4 is 16.4 Å². The molecule has 0 aliphatic rings. The number of benzene rings is 4. The number of ether oxygens (including phenoxy) is 2. The largest absolute Gasteiger partial charge is 0.445 e. The molecule has 0 fully saturated rings. The van der Waals surface area contributed by atoms with Crippen LogP contribution in [0.2, 0.25) is 0 Å². The molecule has 0 aliphatic heterocycles. The van der Waals surface area contributed by atoms with E-state index in [9.17, 15) is 23.8 Å². The number of hydrogen-bond donors (Lipinski definition) is 5. The summed E-state index contributed by atoms with van der Waals surface area (Å²) in [5.74, 6) is -3.92. The minimum Gasteiger partial charge on any atom is -0.445 e. The second-order valence-electron chi connectivity index (χ2n) is 12.1. The molecule has 11 nitrogen and oxygen atoms in total. The number of carbonyl (C=O) groups is 3. The lowest BCUT2D eigenvalue weighted by molar-refractivity contribution is -0.131. The van der Waals surface area contributed by atoms with Gasteiger partial charge in [0.05, 0.1) is 19.1 Å². The van der Waals surface area contributed by atoms with Gasteiger partial charge in [-0.1, -0.05) is 109 Å². The van der Waals surface area contributed by atoms with Crippen LogP contribution in [-0.4, -0.2) is 52.4 Å². The highest BCUT2D eigenvalue weighted by molar-refractivity contribution is 7.58. The van der Waals surface area contributed by atoms with Gasteiger partial charge in [0.25, 0.3) is 0 Å². The predicted octanol–water partition coefficient (Wildman–Crippen LogP) is 5.28. The fraction of sp³-hybridized carbons (Fsp3) is 0.237. The maximum absolute atomic E-state index is 14.3. The topological polar surface area (TPSA) is 173 Å². The Balaban J connectivity index is 1.35. The average Bonchev–Trinajstić information content (AvgIpc) is 3.53. The van der Waals surface area contributed by atoms with Crippen molar-refractivity contribution in [2.75, 3.05) is 12.8 Å². The van der Waals surface area contributed by atoms with Crippen LogP contribution in [0, 0.1) is 5.92 Å². The van der Waals surface area contributed by atoms with Crippen LogP contribution in [-0.2, 0) is 49.7 Å². The summed E-state index contributed by atoms with van der Waals surface area (Å²) in [6.45, 7) is -0.128. The molecule has 260 valence electrons. The number of aromatic amines is 1. The Morgan fingerprint density at radius 1 is 0.760 bits per heavy atom. The van der Waals surface area contributed by atoms with Crippen molar-refractivity contribution < 1.29 is 33.3 Å². The smallest absolute Gasteiger partial charge is 0.408 e. The third-order valence-electron chi connectivity index (χ3n) is 8.30. The normalized spacial score (nSPS) is 14.2. The number of para-hydroxylation sites is 1. The Kier molecular flexibility index (Phi) is 12.6. The first-order valence-corrected chi connectivity index (χ1v) is 18.2. The monoisotopic (exact) mass is 696 g/mol. The lowest BCUT2D eigenvalue weighted by atomic mass is 10.0. The maximum Gasteiger partial charge on any atom is 0.408 e. The van der Waals surface area contributed by atoms with E-state index in [0.29, 0.717) is 5.56 Å². The van der Waals surface area contributed by atoms with Gasteiger partial charge in [-0.15, -0.1) is 0 Å². The molecule has 5 rings (SSSR count). The standard InChI is InChI=1S/C38H41N4O7P/c39-36(43)34(21-30-22-40-33-19-11-10-18-32(30)33)41-37(44)31(25-48-23-28-14-6-2-7-15-28)26-50(46,47)35(20-27-12-4-1-5-13-27)42-38(45)49-24-29-16-8-3-9-17-29/h1-19,22,31,34-35,40H,20-21,23-26H2,(H2,39,43)(H,41,44)(H,42,45)(H,46,47)/t31?,34-,35?/m0/s1. The molecular weight excluding hydrogens is 655 g/mol. The summed E-state index contributed by atoms with van der Waals surface area (Å²) in [4.78, 5) is 54.2. The molecule has 0 radical (unpaired) electrons. The van der Waals surface area contributed by atoms with E-state index < -0.39 is 49.2 Å². The highest BCUT2D eigenvalue weighted by Crippen LogP contribution is 2.48. The molecule has 12 heteroatoms. The van der Waals surface area contributed by atoms with Crippen molar-refractivity contribution in [1.82, 2.24) is 15.6 Å². The number of amides is 3. The zero-order chi connectivity index (χ0) is 35.3. The van der Waals surface area contributed by atoms with E-state index in [1.807, 2.05) is 78.9 Å². The SMILES string of the molecule is NC(=O)[C@H](Cc1c[nH]c2ccccc12)NC(=O)C(COCc1ccccc1)CP(=O)(O)C(Cc1ccccc1)NC(=O)OCc1ccccc1. The second-order valence-corrected chi connectivity index (χ2v) is 14.6. The first-order valence-electron chi connectivity index (χ1n) is 16.3. The van der Waals surface area contributed by atoms with E-state index in [4.69, 9.17) is 15.2 Å². The first kappa shape index (κ1) is 36.1. The summed E-state index contributed by atoms with van der Waals surface area (Å²) in [6, 6.07) is 33.7. The molecule has 4 aromatic carbocycles. The molecule has 6 N–H and O–H groups in total. The van der Waals surface area contributed by atoms with Crippen LogP contribution in [0.5, 0.6) is 0 Å². The van der Waals surface area contributed by atoms with Gasteiger partial charge < -0.3 is 35.7 Å². The minimum atomic E-state index is -4.37. The zero-order valence-corrected chi connectivity index (χ0v) is 28.3. The number of alkyl carbamates (subject to hydrolysis) is 1. The lowest BCUT2D eigenvalue weighted by Gasteiger charge is -2.28. The average molecular weight is 697 g/mol. The minimum absolute atomic E-state index is 0.00125. The Hall–Kier alpha value is -5.22. The summed E-state index contributed by atoms with van der Waals surface area (Å²) < 4.78 is 25.5. The van der Waals surface area contributed by atoms with Crippen molar-refractivity contribution in [3.8, 4) is 0 Å². The number of nitrogens with one attached hydrogen (secondary N) is 3. The Bertz CT molecular complexity index is 1900. The van der Waals surface area contributed by atoms with Crippen molar-refractivity contribution in [2.24, 2.45) is 11.7 Å². The lowest BCUT2D eigenvalue weighted by Crippen LogP contribution is -2.49. The van der Waals surface area contributed by atoms with Gasteiger partial charge in [0, 0.05) is 36.1 Å². The highest BCUT2D eigenvalue weighted by Gasteiger charge is 2.38. The van der Waals surface area contributed by atoms with Gasteiger partial charge in [0.1, 0.15) is 18.4 Å². The van der Waals surface area contributed by atoms with Crippen LogP contribution in [0.1, 0.15) is 22.3 Å². The van der Waals surface area contributed by atoms with Crippen LogP contribution >= 0.6 is 7.37 Å². The van der Waals surface area contributed by atoms with Gasteiger partial charge in [-0.05, 0) is 28.3 Å². The number of carbonyl (C=O) groups excluding carboxylic acids is 3. The van der Waals surface area contributed by atoms with Crippen molar-refractivity contribution in [2.45, 2.75) is 37.9 Å². The van der Waals surface area contributed by atoms with E-state index in [1.54, 1.807) is 42.6 Å². The van der Waals surface area contributed by atoms with Crippen LogP contribution in [0.3, 0.4) is 0 Å². The molecule has 0 spiro atoms. The van der Waals surface area contributed by atoms with Gasteiger partial charge >= 0.3 is 6.09 Å². The van der Waals surface area contributed by atoms with Gasteiger partial charge in [-0.3, -0.25) is 14.2 Å². The number of H-pyrrole nitrogens is 1. The quantitative estimate of drug-likeness (QED) is 0.0823. The molecule has 0 saturated heterocycles. The van der Waals surface area contributed by atoms with Crippen molar-refractivity contribution in [1.29, 1.82) is 0 Å². The van der Waals surface area contributed by atoms with Crippen LogP contribution in [0.15, 0.2) is 121 Å². The van der Waals surface area contributed by atoms with Crippen molar-refractivity contribution >= 4 is 36.2 Å². The number of aromatic nitrogens is 1. The van der Waals surface area contributed by atoms with E-state index in [-0.39, 0.29) is 32.7 Å². The molecular formula is C38H41N4O7P. The number of hydrogen-bond acceptors (Lipinski definition) is 6. The fourth-order valence-electron chi connectivity index (χ4n) is 5.61. The van der Waals surface area contributed by atoms with E-state index in [0.717, 1.165) is 27.6 Å². The van der Waals surface area contributed by atoms with Crippen LogP contribution in [0.4, 0.5) is 4.79 Å². The fourth-order valence-corrected chi connectivity index (χ4v) is 7.57. The number of fused-ring (bicyclic) bond motifs is 1. The summed E-state index contributed by atoms with van der Waals surface area (Å²) in [5, 5.41) is 6.17. The molecule has 5 aromatic rings. The molecule has 50 heavy (non-hydrogen) atoms. The van der Waals surface area contributed by atoms with Gasteiger partial charge in [0.2, 0.25) is 19.2 Å². The number of rotatable bonds is 17. The Morgan fingerprint density at radius 2 is 1.34 bits per heavy atom. The van der Waals surface area contributed by atoms with Crippen LogP contribution in [0.25, 0.3) is 10.9 Å². The molecule has 0 saturated carbocycles. The van der Waals surface area contributed by atoms with E-state index in [2.05, 4.69) is 15.6 Å². The van der Waals surface area contributed by atoms with E-state index in [1.165, 1.54) is 0 Å². The molecule has 3 unspecified atom stereocenters. The maximum atomic E-state index is 14.3. The summed E-state index contributed by atoms with van der Waals surface area (Å²) in [5.41, 5.74) is 9.68. The summed E-state index contributed by atoms with van der Waals surface area (Å²) >= 11 is 0. The van der Waals surface area contributed by atoms with Crippen molar-refractivity contribution in [3.63, 3.8) is 0 Å². The molecule has 1 heterocycles. The molecule has 0 bridgehead atoms. The number of primary amides is 1. The zero-order valence-electron chi connectivity index (χ0n) is 27.4. The summed E-state index contributed by atoms with van der Waals surface area (Å²) in [6.07, 6.45) is 0.427.